The number of halogens is 1. The zero-order chi connectivity index (χ0) is 20.8. The molecule has 2 aromatic carbocycles. The fraction of sp³-hybridized carbons (Fsp3) is 0.333. The summed E-state index contributed by atoms with van der Waals surface area (Å²) in [5.41, 5.74) is 3.64. The summed E-state index contributed by atoms with van der Waals surface area (Å²) in [6.07, 6.45) is 0. The van der Waals surface area contributed by atoms with E-state index in [9.17, 15) is 9.59 Å². The highest BCUT2D eigenvalue weighted by atomic mass is 35.5. The van der Waals surface area contributed by atoms with Gasteiger partial charge in [-0.15, -0.1) is 0 Å². The Balaban J connectivity index is 2.13. The van der Waals surface area contributed by atoms with Crippen LogP contribution in [0.5, 0.6) is 11.5 Å². The number of amides is 1. The van der Waals surface area contributed by atoms with Crippen LogP contribution in [0.25, 0.3) is 0 Å². The highest BCUT2D eigenvalue weighted by Gasteiger charge is 2.18. The SMILES string of the molecule is CCOC(=O)c1cc(Cl)c(NC(=O)COc2cc(C)cc(C)c2C)cc1OC. The third-order valence-electron chi connectivity index (χ3n) is 4.18. The largest absolute Gasteiger partial charge is 0.496 e. The Bertz CT molecular complexity index is 895. The standard InChI is InChI=1S/C21H24ClNO5/c1-6-27-21(25)15-9-16(22)17(10-19(15)26-5)23-20(24)11-28-18-8-12(2)7-13(3)14(18)4/h7-10H,6,11H2,1-5H3,(H,23,24). The minimum Gasteiger partial charge on any atom is -0.496 e. The van der Waals surface area contributed by atoms with E-state index in [0.717, 1.165) is 16.7 Å². The molecular weight excluding hydrogens is 382 g/mol. The molecule has 0 aliphatic heterocycles. The lowest BCUT2D eigenvalue weighted by molar-refractivity contribution is -0.118. The molecule has 0 saturated carbocycles. The molecule has 0 spiro atoms. The van der Waals surface area contributed by atoms with Crippen LogP contribution >= 0.6 is 11.6 Å². The normalized spacial score (nSPS) is 10.4. The quantitative estimate of drug-likeness (QED) is 0.688. The van der Waals surface area contributed by atoms with Gasteiger partial charge in [-0.1, -0.05) is 17.7 Å². The minimum absolute atomic E-state index is 0.179. The first-order chi connectivity index (χ1) is 13.3. The number of anilines is 1. The average molecular weight is 406 g/mol. The first kappa shape index (κ1) is 21.6. The molecule has 28 heavy (non-hydrogen) atoms. The van der Waals surface area contributed by atoms with Crippen LogP contribution in [0.3, 0.4) is 0 Å². The van der Waals surface area contributed by atoms with Gasteiger partial charge in [-0.25, -0.2) is 4.79 Å². The molecule has 0 radical (unpaired) electrons. The topological polar surface area (TPSA) is 73.9 Å². The maximum atomic E-state index is 12.3. The second-order valence-electron chi connectivity index (χ2n) is 6.29. The van der Waals surface area contributed by atoms with E-state index >= 15 is 0 Å². The van der Waals surface area contributed by atoms with E-state index in [1.165, 1.54) is 19.2 Å². The van der Waals surface area contributed by atoms with E-state index in [-0.39, 0.29) is 35.5 Å². The van der Waals surface area contributed by atoms with Gasteiger partial charge in [0.15, 0.2) is 6.61 Å². The summed E-state index contributed by atoms with van der Waals surface area (Å²) in [5, 5.41) is 2.87. The van der Waals surface area contributed by atoms with Crippen molar-refractivity contribution in [3.8, 4) is 11.5 Å². The van der Waals surface area contributed by atoms with Crippen LogP contribution in [0.2, 0.25) is 5.02 Å². The molecule has 1 N–H and O–H groups in total. The predicted octanol–water partition coefficient (Wildman–Crippen LogP) is 4.47. The van der Waals surface area contributed by atoms with E-state index in [0.29, 0.717) is 11.4 Å². The second kappa shape index (κ2) is 9.46. The zero-order valence-electron chi connectivity index (χ0n) is 16.6. The van der Waals surface area contributed by atoms with Gasteiger partial charge in [0.05, 0.1) is 24.4 Å². The maximum Gasteiger partial charge on any atom is 0.341 e. The van der Waals surface area contributed by atoms with Gasteiger partial charge in [-0.3, -0.25) is 4.79 Å². The van der Waals surface area contributed by atoms with E-state index in [4.69, 9.17) is 25.8 Å². The van der Waals surface area contributed by atoms with E-state index in [1.54, 1.807) is 6.92 Å². The summed E-state index contributed by atoms with van der Waals surface area (Å²) in [5.74, 6) is -0.0163. The summed E-state index contributed by atoms with van der Waals surface area (Å²) in [4.78, 5) is 24.3. The van der Waals surface area contributed by atoms with Gasteiger partial charge in [0.2, 0.25) is 0 Å². The second-order valence-corrected chi connectivity index (χ2v) is 6.70. The number of benzene rings is 2. The summed E-state index contributed by atoms with van der Waals surface area (Å²) in [6, 6.07) is 6.83. The Labute approximate surface area is 169 Å². The van der Waals surface area contributed by atoms with Gasteiger partial charge in [0.1, 0.15) is 17.1 Å². The highest BCUT2D eigenvalue weighted by Crippen LogP contribution is 2.31. The summed E-state index contributed by atoms with van der Waals surface area (Å²) in [6.45, 7) is 7.66. The number of esters is 1. The van der Waals surface area contributed by atoms with Gasteiger partial charge in [-0.2, -0.15) is 0 Å². The molecule has 2 aromatic rings. The van der Waals surface area contributed by atoms with Crippen molar-refractivity contribution < 1.29 is 23.8 Å². The predicted molar refractivity (Wildman–Crippen MR) is 109 cm³/mol. The molecule has 0 aliphatic carbocycles. The lowest BCUT2D eigenvalue weighted by Gasteiger charge is -2.14. The van der Waals surface area contributed by atoms with E-state index < -0.39 is 5.97 Å². The number of carbonyl (C=O) groups excluding carboxylic acids is 2. The van der Waals surface area contributed by atoms with Crippen molar-refractivity contribution in [1.82, 2.24) is 0 Å². The van der Waals surface area contributed by atoms with Crippen LogP contribution in [0.1, 0.15) is 34.0 Å². The Morgan fingerprint density at radius 2 is 1.79 bits per heavy atom. The van der Waals surface area contributed by atoms with Gasteiger partial charge >= 0.3 is 5.97 Å². The number of aryl methyl sites for hydroxylation is 2. The molecule has 7 heteroatoms. The smallest absolute Gasteiger partial charge is 0.341 e. The molecule has 0 unspecified atom stereocenters. The Morgan fingerprint density at radius 3 is 2.43 bits per heavy atom. The van der Waals surface area contributed by atoms with Gasteiger partial charge in [0, 0.05) is 6.07 Å². The number of nitrogens with one attached hydrogen (secondary N) is 1. The molecule has 6 nitrogen and oxygen atoms in total. The van der Waals surface area contributed by atoms with Gasteiger partial charge in [0.25, 0.3) is 5.91 Å². The van der Waals surface area contributed by atoms with Crippen molar-refractivity contribution >= 4 is 29.2 Å². The summed E-state index contributed by atoms with van der Waals surface area (Å²) < 4.78 is 15.9. The van der Waals surface area contributed by atoms with Crippen molar-refractivity contribution in [2.45, 2.75) is 27.7 Å². The Morgan fingerprint density at radius 1 is 1.07 bits per heavy atom. The Hall–Kier alpha value is -2.73. The number of methoxy groups -OCH3 is 1. The maximum absolute atomic E-state index is 12.3. The van der Waals surface area contributed by atoms with Crippen molar-refractivity contribution in [2.75, 3.05) is 25.6 Å². The average Bonchev–Trinajstić information content (AvgIpc) is 2.64. The molecule has 0 aliphatic rings. The number of carbonyl (C=O) groups is 2. The zero-order valence-corrected chi connectivity index (χ0v) is 17.4. The fourth-order valence-corrected chi connectivity index (χ4v) is 2.88. The van der Waals surface area contributed by atoms with Crippen LogP contribution in [-0.2, 0) is 9.53 Å². The Kier molecular flexibility index (Phi) is 7.29. The van der Waals surface area contributed by atoms with E-state index in [1.807, 2.05) is 26.8 Å². The minimum atomic E-state index is -0.548. The third kappa shape index (κ3) is 5.16. The molecule has 0 fully saturated rings. The van der Waals surface area contributed by atoms with Gasteiger partial charge < -0.3 is 19.5 Å². The summed E-state index contributed by atoms with van der Waals surface area (Å²) in [7, 11) is 1.42. The lowest BCUT2D eigenvalue weighted by atomic mass is 10.1. The molecule has 1 amide bonds. The molecule has 0 heterocycles. The highest BCUT2D eigenvalue weighted by molar-refractivity contribution is 6.34. The van der Waals surface area contributed by atoms with Crippen LogP contribution in [-0.4, -0.2) is 32.2 Å². The molecule has 2 rings (SSSR count). The monoisotopic (exact) mass is 405 g/mol. The molecule has 0 bridgehead atoms. The molecule has 0 atom stereocenters. The van der Waals surface area contributed by atoms with Crippen molar-refractivity contribution in [1.29, 1.82) is 0 Å². The van der Waals surface area contributed by atoms with Crippen molar-refractivity contribution in [2.24, 2.45) is 0 Å². The van der Waals surface area contributed by atoms with Crippen LogP contribution in [0.4, 0.5) is 5.69 Å². The number of ether oxygens (including phenoxy) is 3. The van der Waals surface area contributed by atoms with Gasteiger partial charge in [-0.05, 0) is 56.5 Å². The molecular formula is C21H24ClNO5. The van der Waals surface area contributed by atoms with Crippen LogP contribution in [0.15, 0.2) is 24.3 Å². The van der Waals surface area contributed by atoms with Crippen LogP contribution < -0.4 is 14.8 Å². The number of hydrogen-bond acceptors (Lipinski definition) is 5. The van der Waals surface area contributed by atoms with E-state index in [2.05, 4.69) is 11.4 Å². The van der Waals surface area contributed by atoms with Crippen molar-refractivity contribution in [3.63, 3.8) is 0 Å². The third-order valence-corrected chi connectivity index (χ3v) is 4.49. The van der Waals surface area contributed by atoms with Crippen LogP contribution in [0, 0.1) is 20.8 Å². The summed E-state index contributed by atoms with van der Waals surface area (Å²) >= 11 is 6.21. The fourth-order valence-electron chi connectivity index (χ4n) is 2.67. The molecule has 0 aromatic heterocycles. The molecule has 0 saturated heterocycles. The number of rotatable bonds is 7. The number of hydrogen-bond donors (Lipinski definition) is 1. The van der Waals surface area contributed by atoms with Crippen molar-refractivity contribution in [3.05, 3.63) is 51.5 Å². The first-order valence-corrected chi connectivity index (χ1v) is 9.19. The first-order valence-electron chi connectivity index (χ1n) is 8.82. The lowest BCUT2D eigenvalue weighted by Crippen LogP contribution is -2.21. The molecule has 150 valence electrons.